The summed E-state index contributed by atoms with van der Waals surface area (Å²) in [5.74, 6) is 1.63. The van der Waals surface area contributed by atoms with E-state index in [-0.39, 0.29) is 11.2 Å². The molecule has 2 aromatic heterocycles. The molecule has 0 fully saturated rings. The number of thioether (sulfide) groups is 1. The number of hydrogen-bond donors (Lipinski definition) is 0. The average molecular weight is 470 g/mol. The number of aromatic nitrogens is 5. The summed E-state index contributed by atoms with van der Waals surface area (Å²) < 4.78 is 9.95. The molecular formula is C22H20ClN5O3S. The van der Waals surface area contributed by atoms with Gasteiger partial charge in [0.1, 0.15) is 5.75 Å². The highest BCUT2D eigenvalue weighted by molar-refractivity contribution is 7.98. The third-order valence-corrected chi connectivity index (χ3v) is 6.26. The lowest BCUT2D eigenvalue weighted by Gasteiger charge is -2.13. The highest BCUT2D eigenvalue weighted by Crippen LogP contribution is 2.34. The Morgan fingerprint density at radius 3 is 2.44 bits per heavy atom. The van der Waals surface area contributed by atoms with E-state index in [1.807, 2.05) is 41.0 Å². The Morgan fingerprint density at radius 1 is 1.00 bits per heavy atom. The largest absolute Gasteiger partial charge is 0.496 e. The third kappa shape index (κ3) is 4.09. The lowest BCUT2D eigenvalue weighted by atomic mass is 10.2. The molecule has 0 atom stereocenters. The van der Waals surface area contributed by atoms with Crippen LogP contribution in [0.1, 0.15) is 5.69 Å². The maximum Gasteiger partial charge on any atom is 0.330 e. The minimum atomic E-state index is -0.373. The van der Waals surface area contributed by atoms with Gasteiger partial charge in [-0.25, -0.2) is 4.79 Å². The first-order valence-corrected chi connectivity index (χ1v) is 11.0. The second kappa shape index (κ2) is 9.05. The fraction of sp³-hybridized carbons (Fsp3) is 0.182. The number of halogens is 1. The maximum atomic E-state index is 12.3. The number of methoxy groups -OCH3 is 1. The van der Waals surface area contributed by atoms with Crippen LogP contribution >= 0.6 is 23.4 Å². The second-order valence-electron chi connectivity index (χ2n) is 6.98. The van der Waals surface area contributed by atoms with Gasteiger partial charge < -0.3 is 4.74 Å². The van der Waals surface area contributed by atoms with Gasteiger partial charge in [-0.05, 0) is 36.4 Å². The van der Waals surface area contributed by atoms with Crippen LogP contribution in [0, 0.1) is 0 Å². The average Bonchev–Trinajstić information content (AvgIpc) is 3.23. The standard InChI is InChI=1S/C22H20ClN5O3S/c1-26-16(12-19(29)27(2)22(26)30)13-32-21-25-24-20(17-6-4-5-7-18(17)31-3)28(21)15-10-8-14(23)9-11-15/h4-12H,13H2,1-3H3. The second-order valence-corrected chi connectivity index (χ2v) is 8.36. The molecule has 4 aromatic rings. The van der Waals surface area contributed by atoms with Crippen LogP contribution in [-0.4, -0.2) is 31.0 Å². The molecule has 8 nitrogen and oxygen atoms in total. The Morgan fingerprint density at radius 2 is 1.72 bits per heavy atom. The first-order chi connectivity index (χ1) is 15.4. The van der Waals surface area contributed by atoms with Gasteiger partial charge in [-0.1, -0.05) is 35.5 Å². The van der Waals surface area contributed by atoms with Crippen LogP contribution in [0.3, 0.4) is 0 Å². The molecular weight excluding hydrogens is 450 g/mol. The fourth-order valence-corrected chi connectivity index (χ4v) is 4.34. The zero-order valence-corrected chi connectivity index (χ0v) is 19.2. The third-order valence-electron chi connectivity index (χ3n) is 5.04. The first kappa shape index (κ1) is 21.9. The van der Waals surface area contributed by atoms with E-state index < -0.39 is 0 Å². The molecule has 0 saturated heterocycles. The molecule has 0 aliphatic carbocycles. The van der Waals surface area contributed by atoms with Crippen LogP contribution in [0.4, 0.5) is 0 Å². The molecule has 0 unspecified atom stereocenters. The summed E-state index contributed by atoms with van der Waals surface area (Å²) in [6, 6.07) is 16.4. The van der Waals surface area contributed by atoms with E-state index in [2.05, 4.69) is 10.2 Å². The number of benzene rings is 2. The predicted molar refractivity (Wildman–Crippen MR) is 125 cm³/mol. The van der Waals surface area contributed by atoms with Crippen molar-refractivity contribution in [1.82, 2.24) is 23.9 Å². The van der Waals surface area contributed by atoms with Crippen molar-refractivity contribution in [2.75, 3.05) is 7.11 Å². The Labute approximate surface area is 193 Å². The molecule has 4 rings (SSSR count). The van der Waals surface area contributed by atoms with Gasteiger partial charge in [0, 0.05) is 42.3 Å². The molecule has 0 spiro atoms. The molecule has 0 amide bonds. The summed E-state index contributed by atoms with van der Waals surface area (Å²) in [5, 5.41) is 10.0. The Kier molecular flexibility index (Phi) is 6.20. The molecule has 2 heterocycles. The summed E-state index contributed by atoms with van der Waals surface area (Å²) in [6.45, 7) is 0. The van der Waals surface area contributed by atoms with Gasteiger partial charge in [0.25, 0.3) is 5.56 Å². The zero-order valence-electron chi connectivity index (χ0n) is 17.7. The number of para-hydroxylation sites is 1. The summed E-state index contributed by atoms with van der Waals surface area (Å²) in [7, 11) is 4.70. The zero-order chi connectivity index (χ0) is 22.8. The highest BCUT2D eigenvalue weighted by Gasteiger charge is 2.19. The maximum absolute atomic E-state index is 12.3. The summed E-state index contributed by atoms with van der Waals surface area (Å²) >= 11 is 7.46. The van der Waals surface area contributed by atoms with Gasteiger partial charge in [0.05, 0.1) is 12.7 Å². The molecule has 0 bridgehead atoms. The van der Waals surface area contributed by atoms with E-state index in [9.17, 15) is 9.59 Å². The van der Waals surface area contributed by atoms with Crippen molar-refractivity contribution in [3.05, 3.63) is 86.2 Å². The van der Waals surface area contributed by atoms with Crippen LogP contribution in [-0.2, 0) is 19.8 Å². The van der Waals surface area contributed by atoms with Gasteiger partial charge in [-0.3, -0.25) is 18.5 Å². The van der Waals surface area contributed by atoms with Gasteiger partial charge in [0.15, 0.2) is 11.0 Å². The van der Waals surface area contributed by atoms with Crippen molar-refractivity contribution < 1.29 is 4.74 Å². The topological polar surface area (TPSA) is 83.9 Å². The van der Waals surface area contributed by atoms with Crippen LogP contribution in [0.15, 0.2) is 69.3 Å². The van der Waals surface area contributed by atoms with Crippen molar-refractivity contribution in [3.8, 4) is 22.8 Å². The number of rotatable bonds is 6. The monoisotopic (exact) mass is 469 g/mol. The Bertz CT molecular complexity index is 1390. The molecule has 0 aliphatic rings. The van der Waals surface area contributed by atoms with Gasteiger partial charge in [0.2, 0.25) is 0 Å². The normalized spacial score (nSPS) is 11.0. The highest BCUT2D eigenvalue weighted by atomic mass is 35.5. The van der Waals surface area contributed by atoms with E-state index in [0.717, 1.165) is 15.8 Å². The Balaban J connectivity index is 1.80. The SMILES string of the molecule is COc1ccccc1-c1nnc(SCc2cc(=O)n(C)c(=O)n2C)n1-c1ccc(Cl)cc1. The first-order valence-electron chi connectivity index (χ1n) is 9.64. The number of nitrogens with zero attached hydrogens (tertiary/aromatic N) is 5. The lowest BCUT2D eigenvalue weighted by Crippen LogP contribution is -2.37. The lowest BCUT2D eigenvalue weighted by molar-refractivity contribution is 0.416. The Hall–Kier alpha value is -3.30. The summed E-state index contributed by atoms with van der Waals surface area (Å²) in [5.41, 5.74) is 1.47. The summed E-state index contributed by atoms with van der Waals surface area (Å²) in [4.78, 5) is 24.3. The predicted octanol–water partition coefficient (Wildman–Crippen LogP) is 3.29. The van der Waals surface area contributed by atoms with Crippen molar-refractivity contribution in [3.63, 3.8) is 0 Å². The molecule has 0 aliphatic heterocycles. The molecule has 164 valence electrons. The molecule has 0 saturated carbocycles. The van der Waals surface area contributed by atoms with Crippen LogP contribution in [0.25, 0.3) is 17.1 Å². The minimum Gasteiger partial charge on any atom is -0.496 e. The van der Waals surface area contributed by atoms with Crippen molar-refractivity contribution >= 4 is 23.4 Å². The van der Waals surface area contributed by atoms with E-state index >= 15 is 0 Å². The molecule has 32 heavy (non-hydrogen) atoms. The number of ether oxygens (including phenoxy) is 1. The van der Waals surface area contributed by atoms with Crippen LogP contribution < -0.4 is 16.0 Å². The van der Waals surface area contributed by atoms with E-state index in [0.29, 0.717) is 33.2 Å². The van der Waals surface area contributed by atoms with Gasteiger partial charge in [-0.2, -0.15) is 0 Å². The molecule has 0 radical (unpaired) electrons. The van der Waals surface area contributed by atoms with Crippen molar-refractivity contribution in [2.45, 2.75) is 10.9 Å². The van der Waals surface area contributed by atoms with E-state index in [1.165, 1.54) is 29.4 Å². The fourth-order valence-electron chi connectivity index (χ4n) is 3.25. The van der Waals surface area contributed by atoms with Gasteiger partial charge in [-0.15, -0.1) is 10.2 Å². The van der Waals surface area contributed by atoms with Crippen molar-refractivity contribution in [1.29, 1.82) is 0 Å². The van der Waals surface area contributed by atoms with Gasteiger partial charge >= 0.3 is 5.69 Å². The smallest absolute Gasteiger partial charge is 0.330 e. The van der Waals surface area contributed by atoms with Crippen molar-refractivity contribution in [2.24, 2.45) is 14.1 Å². The van der Waals surface area contributed by atoms with Crippen LogP contribution in [0.5, 0.6) is 5.75 Å². The van der Waals surface area contributed by atoms with E-state index in [1.54, 1.807) is 26.3 Å². The van der Waals surface area contributed by atoms with Crippen LogP contribution in [0.2, 0.25) is 5.02 Å². The summed E-state index contributed by atoms with van der Waals surface area (Å²) in [6.07, 6.45) is 0. The molecule has 10 heteroatoms. The molecule has 0 N–H and O–H groups in total. The van der Waals surface area contributed by atoms with E-state index in [4.69, 9.17) is 16.3 Å². The number of hydrogen-bond acceptors (Lipinski definition) is 6. The molecule has 2 aromatic carbocycles. The minimum absolute atomic E-state index is 0.349. The quantitative estimate of drug-likeness (QED) is 0.403.